The van der Waals surface area contributed by atoms with Gasteiger partial charge >= 0.3 is 12.0 Å². The third kappa shape index (κ3) is 3.03. The quantitative estimate of drug-likeness (QED) is 0.666. The van der Waals surface area contributed by atoms with Gasteiger partial charge < -0.3 is 15.7 Å². The van der Waals surface area contributed by atoms with Gasteiger partial charge in [-0.05, 0) is 25.2 Å². The Kier molecular flexibility index (Phi) is 3.89. The Morgan fingerprint density at radius 2 is 2.00 bits per heavy atom. The normalized spacial score (nSPS) is 34.5. The number of hydrogen-bond donors (Lipinski definition) is 3. The zero-order chi connectivity index (χ0) is 13.1. The van der Waals surface area contributed by atoms with Gasteiger partial charge in [-0.15, -0.1) is 0 Å². The second kappa shape index (κ2) is 5.42. The number of carbonyl (C=O) groups excluding carboxylic acids is 1. The van der Waals surface area contributed by atoms with Crippen molar-refractivity contribution >= 4 is 12.0 Å². The second-order valence-corrected chi connectivity index (χ2v) is 5.30. The lowest BCUT2D eigenvalue weighted by molar-refractivity contribution is -0.140. The van der Waals surface area contributed by atoms with Crippen molar-refractivity contribution < 1.29 is 14.7 Å². The van der Waals surface area contributed by atoms with Crippen LogP contribution in [0.15, 0.2) is 12.2 Å². The van der Waals surface area contributed by atoms with Crippen LogP contribution >= 0.6 is 0 Å². The van der Waals surface area contributed by atoms with Gasteiger partial charge in [0.2, 0.25) is 0 Å². The van der Waals surface area contributed by atoms with Crippen molar-refractivity contribution in [1.82, 2.24) is 10.6 Å². The van der Waals surface area contributed by atoms with E-state index in [9.17, 15) is 9.59 Å². The average molecular weight is 252 g/mol. The van der Waals surface area contributed by atoms with Gasteiger partial charge in [-0.2, -0.15) is 0 Å². The lowest BCUT2D eigenvalue weighted by Gasteiger charge is -2.19. The van der Waals surface area contributed by atoms with Crippen LogP contribution in [0.5, 0.6) is 0 Å². The van der Waals surface area contributed by atoms with Crippen molar-refractivity contribution in [2.45, 2.75) is 44.7 Å². The third-order valence-corrected chi connectivity index (χ3v) is 3.90. The number of amides is 2. The van der Waals surface area contributed by atoms with Gasteiger partial charge in [0.25, 0.3) is 0 Å². The van der Waals surface area contributed by atoms with Crippen molar-refractivity contribution in [2.75, 3.05) is 0 Å². The Morgan fingerprint density at radius 3 is 2.56 bits per heavy atom. The molecule has 0 aromatic rings. The van der Waals surface area contributed by atoms with E-state index < -0.39 is 11.9 Å². The summed E-state index contributed by atoms with van der Waals surface area (Å²) >= 11 is 0. The number of carboxylic acid groups (broad SMARTS) is 1. The SMILES string of the molecule is CC1CCCC1NC(=O)NC1C=CC(C(=O)O)C1. The minimum atomic E-state index is -0.833. The van der Waals surface area contributed by atoms with Crippen molar-refractivity contribution in [3.05, 3.63) is 12.2 Å². The van der Waals surface area contributed by atoms with Crippen molar-refractivity contribution in [1.29, 1.82) is 0 Å². The Hall–Kier alpha value is -1.52. The summed E-state index contributed by atoms with van der Waals surface area (Å²) < 4.78 is 0. The number of rotatable bonds is 3. The molecule has 1 fully saturated rings. The number of aliphatic carboxylic acids is 1. The summed E-state index contributed by atoms with van der Waals surface area (Å²) in [6, 6.07) is -0.0945. The summed E-state index contributed by atoms with van der Waals surface area (Å²) in [7, 11) is 0. The maximum absolute atomic E-state index is 11.8. The molecular formula is C13H20N2O3. The molecule has 0 aromatic heterocycles. The summed E-state index contributed by atoms with van der Waals surface area (Å²) in [6.45, 7) is 2.15. The first-order valence-corrected chi connectivity index (χ1v) is 6.54. The van der Waals surface area contributed by atoms with Gasteiger partial charge in [0.15, 0.2) is 0 Å². The van der Waals surface area contributed by atoms with E-state index in [-0.39, 0.29) is 18.1 Å². The van der Waals surface area contributed by atoms with Crippen LogP contribution in [0.2, 0.25) is 0 Å². The largest absolute Gasteiger partial charge is 0.481 e. The molecule has 4 unspecified atom stereocenters. The molecule has 18 heavy (non-hydrogen) atoms. The van der Waals surface area contributed by atoms with Crippen LogP contribution in [-0.4, -0.2) is 29.2 Å². The van der Waals surface area contributed by atoms with Gasteiger partial charge in [-0.1, -0.05) is 25.5 Å². The van der Waals surface area contributed by atoms with Crippen LogP contribution in [0.25, 0.3) is 0 Å². The molecule has 4 atom stereocenters. The zero-order valence-electron chi connectivity index (χ0n) is 10.6. The minimum Gasteiger partial charge on any atom is -0.481 e. The minimum absolute atomic E-state index is 0.164. The van der Waals surface area contributed by atoms with Crippen molar-refractivity contribution in [2.24, 2.45) is 11.8 Å². The predicted octanol–water partition coefficient (Wildman–Crippen LogP) is 1.50. The fourth-order valence-electron chi connectivity index (χ4n) is 2.73. The summed E-state index contributed by atoms with van der Waals surface area (Å²) in [5.41, 5.74) is 0. The Morgan fingerprint density at radius 1 is 1.22 bits per heavy atom. The first kappa shape index (κ1) is 12.9. The van der Waals surface area contributed by atoms with Crippen molar-refractivity contribution in [3.8, 4) is 0 Å². The van der Waals surface area contributed by atoms with Crippen LogP contribution in [0.3, 0.4) is 0 Å². The molecule has 2 amide bonds. The molecule has 1 saturated carbocycles. The monoisotopic (exact) mass is 252 g/mol. The molecule has 5 heteroatoms. The average Bonchev–Trinajstić information content (AvgIpc) is 2.89. The van der Waals surface area contributed by atoms with E-state index in [1.54, 1.807) is 12.2 Å². The highest BCUT2D eigenvalue weighted by Gasteiger charge is 2.28. The van der Waals surface area contributed by atoms with Crippen LogP contribution in [0.1, 0.15) is 32.6 Å². The number of nitrogens with one attached hydrogen (secondary N) is 2. The van der Waals surface area contributed by atoms with E-state index in [1.165, 1.54) is 0 Å². The summed E-state index contributed by atoms with van der Waals surface area (Å²) in [5.74, 6) is -0.775. The van der Waals surface area contributed by atoms with E-state index in [0.29, 0.717) is 12.3 Å². The highest BCUT2D eigenvalue weighted by Crippen LogP contribution is 2.24. The fraction of sp³-hybridized carbons (Fsp3) is 0.692. The molecule has 0 saturated heterocycles. The summed E-state index contributed by atoms with van der Waals surface area (Å²) in [4.78, 5) is 22.5. The second-order valence-electron chi connectivity index (χ2n) is 5.30. The summed E-state index contributed by atoms with van der Waals surface area (Å²) in [5, 5.41) is 14.6. The van der Waals surface area contributed by atoms with E-state index in [0.717, 1.165) is 19.3 Å². The fourth-order valence-corrected chi connectivity index (χ4v) is 2.73. The molecule has 0 radical (unpaired) electrons. The third-order valence-electron chi connectivity index (χ3n) is 3.90. The lowest BCUT2D eigenvalue weighted by Crippen LogP contribution is -2.46. The highest BCUT2D eigenvalue weighted by atomic mass is 16.4. The van der Waals surface area contributed by atoms with Gasteiger partial charge in [-0.25, -0.2) is 4.79 Å². The van der Waals surface area contributed by atoms with Crippen LogP contribution in [-0.2, 0) is 4.79 Å². The molecule has 0 heterocycles. The molecule has 0 bridgehead atoms. The number of carboxylic acids is 1. The topological polar surface area (TPSA) is 78.4 Å². The molecule has 2 aliphatic carbocycles. The van der Waals surface area contributed by atoms with Crippen LogP contribution in [0, 0.1) is 11.8 Å². The molecule has 0 spiro atoms. The molecule has 0 aromatic carbocycles. The number of urea groups is 1. The van der Waals surface area contributed by atoms with E-state index in [2.05, 4.69) is 17.6 Å². The lowest BCUT2D eigenvalue weighted by atomic mass is 10.1. The maximum Gasteiger partial charge on any atom is 0.315 e. The van der Waals surface area contributed by atoms with Gasteiger partial charge in [0, 0.05) is 6.04 Å². The Labute approximate surface area is 107 Å². The Bertz CT molecular complexity index is 367. The summed E-state index contributed by atoms with van der Waals surface area (Å²) in [6.07, 6.45) is 7.21. The van der Waals surface area contributed by atoms with E-state index in [4.69, 9.17) is 5.11 Å². The first-order valence-electron chi connectivity index (χ1n) is 6.54. The zero-order valence-corrected chi connectivity index (χ0v) is 10.6. The Balaban J connectivity index is 1.75. The molecule has 2 rings (SSSR count). The molecule has 100 valence electrons. The van der Waals surface area contributed by atoms with E-state index >= 15 is 0 Å². The number of hydrogen-bond acceptors (Lipinski definition) is 2. The smallest absolute Gasteiger partial charge is 0.315 e. The predicted molar refractivity (Wildman–Crippen MR) is 67.1 cm³/mol. The van der Waals surface area contributed by atoms with Gasteiger partial charge in [0.1, 0.15) is 0 Å². The first-order chi connectivity index (χ1) is 8.56. The van der Waals surface area contributed by atoms with Gasteiger partial charge in [0.05, 0.1) is 12.0 Å². The molecule has 5 nitrogen and oxygen atoms in total. The van der Waals surface area contributed by atoms with Crippen LogP contribution < -0.4 is 10.6 Å². The van der Waals surface area contributed by atoms with Crippen molar-refractivity contribution in [3.63, 3.8) is 0 Å². The molecular weight excluding hydrogens is 232 g/mol. The van der Waals surface area contributed by atoms with Crippen LogP contribution in [0.4, 0.5) is 4.79 Å². The number of carbonyl (C=O) groups is 2. The molecule has 2 aliphatic rings. The van der Waals surface area contributed by atoms with E-state index in [1.807, 2.05) is 0 Å². The highest BCUT2D eigenvalue weighted by molar-refractivity contribution is 5.76. The standard InChI is InChI=1S/C13H20N2O3/c1-8-3-2-4-11(8)15-13(18)14-10-6-5-9(7-10)12(16)17/h5-6,8-11H,2-4,7H2,1H3,(H,16,17)(H2,14,15,18). The van der Waals surface area contributed by atoms with Gasteiger partial charge in [-0.3, -0.25) is 4.79 Å². The molecule has 0 aliphatic heterocycles. The molecule has 3 N–H and O–H groups in total. The maximum atomic E-state index is 11.8.